The van der Waals surface area contributed by atoms with Crippen molar-refractivity contribution in [2.75, 3.05) is 4.90 Å². The molecule has 0 fully saturated rings. The van der Waals surface area contributed by atoms with Gasteiger partial charge >= 0.3 is 0 Å². The van der Waals surface area contributed by atoms with Gasteiger partial charge in [-0.25, -0.2) is 0 Å². The summed E-state index contributed by atoms with van der Waals surface area (Å²) >= 11 is 0. The summed E-state index contributed by atoms with van der Waals surface area (Å²) in [6.07, 6.45) is 0. The lowest BCUT2D eigenvalue weighted by atomic mass is 9.81. The second-order valence-electron chi connectivity index (χ2n) is 17.6. The van der Waals surface area contributed by atoms with Crippen molar-refractivity contribution in [2.24, 2.45) is 0 Å². The van der Waals surface area contributed by atoms with E-state index in [1.54, 1.807) is 0 Å². The van der Waals surface area contributed by atoms with Gasteiger partial charge < -0.3 is 13.7 Å². The van der Waals surface area contributed by atoms with E-state index in [1.807, 2.05) is 24.3 Å². The molecular formula is C61H41NO2. The Balaban J connectivity index is 0.976. The van der Waals surface area contributed by atoms with Gasteiger partial charge in [-0.05, 0) is 116 Å². The second kappa shape index (κ2) is 13.9. The molecular weight excluding hydrogens is 779 g/mol. The van der Waals surface area contributed by atoms with E-state index in [1.165, 1.54) is 49.7 Å². The van der Waals surface area contributed by atoms with Crippen LogP contribution in [0.5, 0.6) is 0 Å². The molecule has 3 nitrogen and oxygen atoms in total. The van der Waals surface area contributed by atoms with E-state index in [-0.39, 0.29) is 5.41 Å². The van der Waals surface area contributed by atoms with E-state index in [0.717, 1.165) is 77.6 Å². The van der Waals surface area contributed by atoms with E-state index < -0.39 is 0 Å². The van der Waals surface area contributed by atoms with Gasteiger partial charge in [0.25, 0.3) is 0 Å². The van der Waals surface area contributed by atoms with Crippen molar-refractivity contribution in [1.82, 2.24) is 0 Å². The molecule has 0 saturated carbocycles. The molecule has 3 heteroatoms. The molecule has 10 aromatic carbocycles. The number of benzene rings is 10. The smallest absolute Gasteiger partial charge is 0.143 e. The monoisotopic (exact) mass is 819 g/mol. The molecule has 0 atom stereocenters. The summed E-state index contributed by atoms with van der Waals surface area (Å²) in [5.41, 5.74) is 19.0. The first-order chi connectivity index (χ1) is 31.5. The number of nitrogens with zero attached hydrogens (tertiary/aromatic N) is 1. The Morgan fingerprint density at radius 2 is 0.906 bits per heavy atom. The Morgan fingerprint density at radius 1 is 0.328 bits per heavy atom. The second-order valence-corrected chi connectivity index (χ2v) is 17.6. The molecule has 0 bridgehead atoms. The van der Waals surface area contributed by atoms with E-state index in [2.05, 4.69) is 207 Å². The Labute approximate surface area is 371 Å². The molecule has 2 aromatic heterocycles. The number of hydrogen-bond acceptors (Lipinski definition) is 3. The lowest BCUT2D eigenvalue weighted by Gasteiger charge is -2.29. The predicted molar refractivity (Wildman–Crippen MR) is 267 cm³/mol. The van der Waals surface area contributed by atoms with E-state index >= 15 is 0 Å². The Bertz CT molecular complexity index is 3810. The van der Waals surface area contributed by atoms with Crippen LogP contribution >= 0.6 is 0 Å². The highest BCUT2D eigenvalue weighted by atomic mass is 16.3. The maximum absolute atomic E-state index is 6.50. The molecule has 0 amide bonds. The van der Waals surface area contributed by atoms with Crippen molar-refractivity contribution in [3.63, 3.8) is 0 Å². The first-order valence-corrected chi connectivity index (χ1v) is 22.1. The summed E-state index contributed by atoms with van der Waals surface area (Å²) in [6, 6.07) is 76.8. The lowest BCUT2D eigenvalue weighted by Crippen LogP contribution is -2.17. The van der Waals surface area contributed by atoms with Crippen LogP contribution in [0.25, 0.3) is 99.2 Å². The van der Waals surface area contributed by atoms with Crippen molar-refractivity contribution >= 4 is 71.7 Å². The number of rotatable bonds is 6. The standard InChI is InChI=1S/C61H41NO2/c1-61(2)54-36-40(38-13-4-3-5-14-38)25-30-47(54)48-31-29-43(37-55(48)61)62(42-27-23-39(24-28-42)45-19-12-20-52-50-17-8-11-22-58(50)64-60(45)52)56-33-32-44(46-15-6-7-16-49(46)56)41-26-34-59-53(35-41)51-18-9-10-21-57(51)63-59/h3-37H,1-2H3. The highest BCUT2D eigenvalue weighted by molar-refractivity contribution is 6.11. The number of furan rings is 2. The predicted octanol–water partition coefficient (Wildman–Crippen LogP) is 17.4. The summed E-state index contributed by atoms with van der Waals surface area (Å²) in [4.78, 5) is 2.44. The highest BCUT2D eigenvalue weighted by Crippen LogP contribution is 2.52. The quantitative estimate of drug-likeness (QED) is 0.167. The van der Waals surface area contributed by atoms with Gasteiger partial charge in [0.05, 0.1) is 5.69 Å². The molecule has 2 heterocycles. The fourth-order valence-corrected chi connectivity index (χ4v) is 10.5. The van der Waals surface area contributed by atoms with Crippen LogP contribution in [0, 0.1) is 0 Å². The van der Waals surface area contributed by atoms with Crippen LogP contribution < -0.4 is 4.90 Å². The molecule has 1 aliphatic carbocycles. The number of hydrogen-bond donors (Lipinski definition) is 0. The molecule has 13 rings (SSSR count). The fraction of sp³-hybridized carbons (Fsp3) is 0.0492. The topological polar surface area (TPSA) is 29.5 Å². The third-order valence-electron chi connectivity index (χ3n) is 13.7. The first-order valence-electron chi connectivity index (χ1n) is 22.1. The zero-order valence-electron chi connectivity index (χ0n) is 35.5. The number of anilines is 3. The van der Waals surface area contributed by atoms with Crippen LogP contribution in [0.1, 0.15) is 25.0 Å². The molecule has 0 aliphatic heterocycles. The van der Waals surface area contributed by atoms with Crippen LogP contribution in [0.3, 0.4) is 0 Å². The van der Waals surface area contributed by atoms with Gasteiger partial charge in [0.15, 0.2) is 0 Å². The van der Waals surface area contributed by atoms with E-state index in [0.29, 0.717) is 0 Å². The van der Waals surface area contributed by atoms with Crippen molar-refractivity contribution in [1.29, 1.82) is 0 Å². The number of fused-ring (bicyclic) bond motifs is 10. The molecule has 12 aromatic rings. The average molecular weight is 820 g/mol. The molecule has 0 unspecified atom stereocenters. The maximum Gasteiger partial charge on any atom is 0.143 e. The molecule has 0 N–H and O–H groups in total. The van der Waals surface area contributed by atoms with Gasteiger partial charge in [0, 0.05) is 49.3 Å². The SMILES string of the molecule is CC1(C)c2cc(-c3ccccc3)ccc2-c2ccc(N(c3ccc(-c4cccc5c4oc4ccccc45)cc3)c3ccc(-c4ccc5oc6ccccc6c5c4)c4ccccc34)cc21. The fourth-order valence-electron chi connectivity index (χ4n) is 10.5. The van der Waals surface area contributed by atoms with Gasteiger partial charge in [0.1, 0.15) is 22.3 Å². The zero-order chi connectivity index (χ0) is 42.5. The van der Waals surface area contributed by atoms with Crippen LogP contribution in [-0.4, -0.2) is 0 Å². The Morgan fingerprint density at radius 3 is 1.70 bits per heavy atom. The largest absolute Gasteiger partial charge is 0.456 e. The van der Waals surface area contributed by atoms with Crippen molar-refractivity contribution < 1.29 is 8.83 Å². The van der Waals surface area contributed by atoms with Gasteiger partial charge in [-0.2, -0.15) is 0 Å². The van der Waals surface area contributed by atoms with E-state index in [9.17, 15) is 0 Å². The molecule has 0 spiro atoms. The summed E-state index contributed by atoms with van der Waals surface area (Å²) in [6.45, 7) is 4.75. The van der Waals surface area contributed by atoms with Gasteiger partial charge in [0.2, 0.25) is 0 Å². The molecule has 0 radical (unpaired) electrons. The summed E-state index contributed by atoms with van der Waals surface area (Å²) < 4.78 is 12.7. The van der Waals surface area contributed by atoms with Crippen LogP contribution in [0.2, 0.25) is 0 Å². The zero-order valence-corrected chi connectivity index (χ0v) is 35.5. The Hall–Kier alpha value is -8.14. The summed E-state index contributed by atoms with van der Waals surface area (Å²) in [7, 11) is 0. The minimum absolute atomic E-state index is 0.214. The maximum atomic E-state index is 6.50. The van der Waals surface area contributed by atoms with Gasteiger partial charge in [-0.15, -0.1) is 0 Å². The molecule has 1 aliphatic rings. The first kappa shape index (κ1) is 36.5. The minimum Gasteiger partial charge on any atom is -0.456 e. The van der Waals surface area contributed by atoms with Gasteiger partial charge in [-0.1, -0.05) is 166 Å². The summed E-state index contributed by atoms with van der Waals surface area (Å²) in [5, 5.41) is 6.87. The van der Waals surface area contributed by atoms with Crippen molar-refractivity contribution in [3.05, 3.63) is 223 Å². The normalized spacial score (nSPS) is 13.0. The molecule has 64 heavy (non-hydrogen) atoms. The Kier molecular flexibility index (Phi) is 7.95. The van der Waals surface area contributed by atoms with Gasteiger partial charge in [-0.3, -0.25) is 0 Å². The molecule has 302 valence electrons. The van der Waals surface area contributed by atoms with Crippen molar-refractivity contribution in [3.8, 4) is 44.5 Å². The third-order valence-corrected chi connectivity index (χ3v) is 13.7. The highest BCUT2D eigenvalue weighted by Gasteiger charge is 2.36. The third kappa shape index (κ3) is 5.54. The van der Waals surface area contributed by atoms with E-state index in [4.69, 9.17) is 8.83 Å². The van der Waals surface area contributed by atoms with Crippen LogP contribution in [-0.2, 0) is 5.41 Å². The minimum atomic E-state index is -0.214. The van der Waals surface area contributed by atoms with Crippen LogP contribution in [0.4, 0.5) is 17.1 Å². The van der Waals surface area contributed by atoms with Crippen molar-refractivity contribution in [2.45, 2.75) is 19.3 Å². The lowest BCUT2D eigenvalue weighted by molar-refractivity contribution is 0.660. The average Bonchev–Trinajstić information content (AvgIpc) is 3.99. The van der Waals surface area contributed by atoms with Crippen LogP contribution in [0.15, 0.2) is 221 Å². The summed E-state index contributed by atoms with van der Waals surface area (Å²) in [5.74, 6) is 0. The molecule has 0 saturated heterocycles. The number of para-hydroxylation sites is 3.